The Bertz CT molecular complexity index is 856. The SMILES string of the molecule is O=C(NCc1ccccc1)Nc1cc(=O)c2ccccc2o1. The second kappa shape index (κ2) is 6.13. The first kappa shape index (κ1) is 13.9. The molecule has 5 heteroatoms. The van der Waals surface area contributed by atoms with Crippen molar-refractivity contribution in [2.45, 2.75) is 6.54 Å². The first-order valence-electron chi connectivity index (χ1n) is 6.84. The molecule has 0 aliphatic rings. The molecule has 1 heterocycles. The van der Waals surface area contributed by atoms with Gasteiger partial charge in [-0.1, -0.05) is 42.5 Å². The minimum Gasteiger partial charge on any atom is -0.440 e. The predicted octanol–water partition coefficient (Wildman–Crippen LogP) is 3.11. The molecule has 0 bridgehead atoms. The van der Waals surface area contributed by atoms with Crippen LogP contribution in [0, 0.1) is 0 Å². The van der Waals surface area contributed by atoms with Crippen LogP contribution in [0.5, 0.6) is 0 Å². The van der Waals surface area contributed by atoms with E-state index in [1.807, 2.05) is 30.3 Å². The lowest BCUT2D eigenvalue weighted by molar-refractivity contribution is 0.251. The molecular formula is C17H14N2O3. The average Bonchev–Trinajstić information content (AvgIpc) is 2.54. The summed E-state index contributed by atoms with van der Waals surface area (Å²) in [5.74, 6) is 0.120. The zero-order chi connectivity index (χ0) is 15.4. The number of fused-ring (bicyclic) bond motifs is 1. The summed E-state index contributed by atoms with van der Waals surface area (Å²) in [5.41, 5.74) is 1.23. The van der Waals surface area contributed by atoms with Crippen molar-refractivity contribution < 1.29 is 9.21 Å². The van der Waals surface area contributed by atoms with Gasteiger partial charge >= 0.3 is 6.03 Å². The number of para-hydroxylation sites is 1. The first-order valence-corrected chi connectivity index (χ1v) is 6.84. The molecule has 1 aromatic heterocycles. The van der Waals surface area contributed by atoms with Gasteiger partial charge in [-0.05, 0) is 17.7 Å². The van der Waals surface area contributed by atoms with Crippen molar-refractivity contribution in [1.29, 1.82) is 0 Å². The lowest BCUT2D eigenvalue weighted by atomic mass is 10.2. The maximum atomic E-state index is 11.9. The lowest BCUT2D eigenvalue weighted by Gasteiger charge is -2.07. The van der Waals surface area contributed by atoms with Gasteiger partial charge in [0.25, 0.3) is 0 Å². The number of carbonyl (C=O) groups is 1. The molecule has 5 nitrogen and oxygen atoms in total. The van der Waals surface area contributed by atoms with Crippen LogP contribution in [0.1, 0.15) is 5.56 Å². The van der Waals surface area contributed by atoms with Crippen LogP contribution in [0.2, 0.25) is 0 Å². The van der Waals surface area contributed by atoms with E-state index in [9.17, 15) is 9.59 Å². The number of nitrogens with one attached hydrogen (secondary N) is 2. The highest BCUT2D eigenvalue weighted by molar-refractivity contribution is 5.88. The second-order valence-electron chi connectivity index (χ2n) is 4.76. The van der Waals surface area contributed by atoms with Crippen LogP contribution in [0.3, 0.4) is 0 Å². The molecule has 3 aromatic rings. The maximum absolute atomic E-state index is 11.9. The summed E-state index contributed by atoms with van der Waals surface area (Å²) in [5, 5.41) is 5.72. The molecule has 110 valence electrons. The van der Waals surface area contributed by atoms with E-state index in [0.717, 1.165) is 5.56 Å². The third-order valence-corrected chi connectivity index (χ3v) is 3.17. The molecule has 0 fully saturated rings. The number of benzene rings is 2. The summed E-state index contributed by atoms with van der Waals surface area (Å²) in [6, 6.07) is 17.3. The van der Waals surface area contributed by atoms with Crippen molar-refractivity contribution in [2.24, 2.45) is 0 Å². The van der Waals surface area contributed by atoms with Gasteiger partial charge in [-0.25, -0.2) is 4.79 Å². The minimum atomic E-state index is -0.428. The number of hydrogen-bond acceptors (Lipinski definition) is 3. The van der Waals surface area contributed by atoms with Crippen LogP contribution < -0.4 is 16.1 Å². The van der Waals surface area contributed by atoms with Crippen molar-refractivity contribution in [1.82, 2.24) is 5.32 Å². The van der Waals surface area contributed by atoms with Crippen LogP contribution in [-0.2, 0) is 6.54 Å². The lowest BCUT2D eigenvalue weighted by Crippen LogP contribution is -2.28. The number of urea groups is 1. The molecule has 0 saturated heterocycles. The molecule has 2 amide bonds. The summed E-state index contributed by atoms with van der Waals surface area (Å²) < 4.78 is 5.49. The van der Waals surface area contributed by atoms with Crippen molar-refractivity contribution in [3.05, 3.63) is 76.5 Å². The Morgan fingerprint density at radius 1 is 1.00 bits per heavy atom. The highest BCUT2D eigenvalue weighted by Crippen LogP contribution is 2.14. The van der Waals surface area contributed by atoms with Crippen LogP contribution in [-0.4, -0.2) is 6.03 Å². The van der Waals surface area contributed by atoms with Gasteiger partial charge in [-0.3, -0.25) is 10.1 Å². The van der Waals surface area contributed by atoms with Crippen LogP contribution >= 0.6 is 0 Å². The Balaban J connectivity index is 1.70. The smallest absolute Gasteiger partial charge is 0.321 e. The fraction of sp³-hybridized carbons (Fsp3) is 0.0588. The van der Waals surface area contributed by atoms with E-state index in [-0.39, 0.29) is 11.3 Å². The van der Waals surface area contributed by atoms with E-state index in [2.05, 4.69) is 10.6 Å². The van der Waals surface area contributed by atoms with E-state index in [0.29, 0.717) is 17.5 Å². The summed E-state index contributed by atoms with van der Waals surface area (Å²) in [6.07, 6.45) is 0. The zero-order valence-electron chi connectivity index (χ0n) is 11.7. The molecule has 0 atom stereocenters. The van der Waals surface area contributed by atoms with Crippen LogP contribution in [0.25, 0.3) is 11.0 Å². The highest BCUT2D eigenvalue weighted by atomic mass is 16.4. The molecule has 2 aromatic carbocycles. The van der Waals surface area contributed by atoms with Crippen molar-refractivity contribution >= 4 is 22.9 Å². The predicted molar refractivity (Wildman–Crippen MR) is 84.8 cm³/mol. The third-order valence-electron chi connectivity index (χ3n) is 3.17. The number of anilines is 1. The topological polar surface area (TPSA) is 71.3 Å². The van der Waals surface area contributed by atoms with Gasteiger partial charge < -0.3 is 9.73 Å². The van der Waals surface area contributed by atoms with Gasteiger partial charge in [0.05, 0.1) is 5.39 Å². The zero-order valence-corrected chi connectivity index (χ0v) is 11.7. The van der Waals surface area contributed by atoms with E-state index < -0.39 is 6.03 Å². The fourth-order valence-corrected chi connectivity index (χ4v) is 2.10. The van der Waals surface area contributed by atoms with Crippen molar-refractivity contribution in [2.75, 3.05) is 5.32 Å². The van der Waals surface area contributed by atoms with Gasteiger partial charge in [0.1, 0.15) is 5.58 Å². The standard InChI is InChI=1S/C17H14N2O3/c20-14-10-16(22-15-9-5-4-8-13(14)15)19-17(21)18-11-12-6-2-1-3-7-12/h1-10H,11H2,(H2,18,19,21). The Kier molecular flexibility index (Phi) is 3.87. The molecule has 0 aliphatic heterocycles. The summed E-state index contributed by atoms with van der Waals surface area (Å²) in [7, 11) is 0. The molecule has 0 spiro atoms. The Hall–Kier alpha value is -3.08. The van der Waals surface area contributed by atoms with Crippen molar-refractivity contribution in [3.63, 3.8) is 0 Å². The van der Waals surface area contributed by atoms with Gasteiger partial charge in [0, 0.05) is 12.6 Å². The van der Waals surface area contributed by atoms with Gasteiger partial charge in [0.2, 0.25) is 5.88 Å². The molecule has 2 N–H and O–H groups in total. The third kappa shape index (κ3) is 3.15. The minimum absolute atomic E-state index is 0.120. The van der Waals surface area contributed by atoms with Crippen molar-refractivity contribution in [3.8, 4) is 0 Å². The number of hydrogen-bond donors (Lipinski definition) is 2. The molecule has 0 unspecified atom stereocenters. The quantitative estimate of drug-likeness (QED) is 0.779. The molecular weight excluding hydrogens is 280 g/mol. The molecule has 22 heavy (non-hydrogen) atoms. The van der Waals surface area contributed by atoms with Gasteiger partial charge in [-0.2, -0.15) is 0 Å². The normalized spacial score (nSPS) is 10.4. The number of rotatable bonds is 3. The van der Waals surface area contributed by atoms with Gasteiger partial charge in [0.15, 0.2) is 5.43 Å². The second-order valence-corrected chi connectivity index (χ2v) is 4.76. The van der Waals surface area contributed by atoms with Gasteiger partial charge in [-0.15, -0.1) is 0 Å². The maximum Gasteiger partial charge on any atom is 0.321 e. The van der Waals surface area contributed by atoms with Crippen LogP contribution in [0.15, 0.2) is 69.9 Å². The first-order chi connectivity index (χ1) is 10.7. The Labute approximate surface area is 126 Å². The van der Waals surface area contributed by atoms with Crippen LogP contribution in [0.4, 0.5) is 10.7 Å². The molecule has 0 saturated carbocycles. The van der Waals surface area contributed by atoms with E-state index in [1.165, 1.54) is 6.07 Å². The Morgan fingerprint density at radius 2 is 1.73 bits per heavy atom. The average molecular weight is 294 g/mol. The summed E-state index contributed by atoms with van der Waals surface area (Å²) in [4.78, 5) is 23.8. The monoisotopic (exact) mass is 294 g/mol. The summed E-state index contributed by atoms with van der Waals surface area (Å²) in [6.45, 7) is 0.393. The van der Waals surface area contributed by atoms with E-state index >= 15 is 0 Å². The fourth-order valence-electron chi connectivity index (χ4n) is 2.10. The molecule has 0 aliphatic carbocycles. The molecule has 3 rings (SSSR count). The molecule has 0 radical (unpaired) electrons. The number of carbonyl (C=O) groups excluding carboxylic acids is 1. The van der Waals surface area contributed by atoms with E-state index in [4.69, 9.17) is 4.42 Å². The largest absolute Gasteiger partial charge is 0.440 e. The Morgan fingerprint density at radius 3 is 2.55 bits per heavy atom. The summed E-state index contributed by atoms with van der Waals surface area (Å²) >= 11 is 0. The highest BCUT2D eigenvalue weighted by Gasteiger charge is 2.07. The number of amides is 2. The van der Waals surface area contributed by atoms with E-state index in [1.54, 1.807) is 24.3 Å².